The molecule has 0 unspecified atom stereocenters. The van der Waals surface area contributed by atoms with Crippen LogP contribution in [0.2, 0.25) is 0 Å². The Balaban J connectivity index is 1.26. The molecule has 9 rings (SSSR count). The highest BCUT2D eigenvalue weighted by molar-refractivity contribution is 6.13. The molecule has 0 radical (unpaired) electrons. The second kappa shape index (κ2) is 17.2. The predicted octanol–water partition coefficient (Wildman–Crippen LogP) is 5.54. The van der Waals surface area contributed by atoms with Gasteiger partial charge >= 0.3 is 5.97 Å². The summed E-state index contributed by atoms with van der Waals surface area (Å²) < 4.78 is 17.8. The van der Waals surface area contributed by atoms with Crippen LogP contribution in [0.15, 0.2) is 127 Å². The third-order valence-electron chi connectivity index (χ3n) is 12.1. The zero-order chi connectivity index (χ0) is 41.9. The van der Waals surface area contributed by atoms with Crippen molar-refractivity contribution in [1.82, 2.24) is 4.90 Å². The van der Waals surface area contributed by atoms with Crippen LogP contribution in [0.4, 0.5) is 17.1 Å². The van der Waals surface area contributed by atoms with E-state index < -0.39 is 53.3 Å². The highest BCUT2D eigenvalue weighted by atomic mass is 16.6. The van der Waals surface area contributed by atoms with Crippen LogP contribution in [0.1, 0.15) is 52.4 Å². The number of rotatable bonds is 10. The molecule has 0 aliphatic carbocycles. The van der Waals surface area contributed by atoms with E-state index in [2.05, 4.69) is 27.4 Å². The van der Waals surface area contributed by atoms with Gasteiger partial charge in [-0.1, -0.05) is 84.6 Å². The molecule has 12 nitrogen and oxygen atoms in total. The van der Waals surface area contributed by atoms with Gasteiger partial charge in [0.25, 0.3) is 0 Å². The van der Waals surface area contributed by atoms with Crippen molar-refractivity contribution < 1.29 is 38.8 Å². The highest BCUT2D eigenvalue weighted by Crippen LogP contribution is 2.65. The first-order valence-electron chi connectivity index (χ1n) is 20.6. The van der Waals surface area contributed by atoms with E-state index >= 15 is 14.4 Å². The summed E-state index contributed by atoms with van der Waals surface area (Å²) in [5.74, 6) is 3.70. The summed E-state index contributed by atoms with van der Waals surface area (Å²) in [6.07, 6.45) is -0.558. The zero-order valence-corrected chi connectivity index (χ0v) is 33.4. The lowest BCUT2D eigenvalue weighted by Gasteiger charge is -2.46. The average molecular weight is 819 g/mol. The van der Waals surface area contributed by atoms with Crippen molar-refractivity contribution in [3.63, 3.8) is 0 Å². The molecule has 4 aliphatic heterocycles. The Kier molecular flexibility index (Phi) is 11.3. The minimum Gasteiger partial charge on any atom is -0.491 e. The van der Waals surface area contributed by atoms with Crippen molar-refractivity contribution in [3.05, 3.63) is 155 Å². The Hall–Kier alpha value is -6.49. The number of anilines is 3. The Morgan fingerprint density at radius 2 is 1.52 bits per heavy atom. The molecular weight excluding hydrogens is 773 g/mol. The first kappa shape index (κ1) is 39.9. The van der Waals surface area contributed by atoms with Crippen molar-refractivity contribution in [2.45, 2.75) is 36.1 Å². The molecule has 61 heavy (non-hydrogen) atoms. The van der Waals surface area contributed by atoms with Gasteiger partial charge in [0.05, 0.1) is 44.4 Å². The number of aliphatic hydroxyl groups is 2. The number of benzene rings is 5. The monoisotopic (exact) mass is 818 g/mol. The maximum atomic E-state index is 15.5. The van der Waals surface area contributed by atoms with E-state index in [1.807, 2.05) is 108 Å². The number of carbonyl (C=O) groups excluding carboxylic acids is 3. The van der Waals surface area contributed by atoms with Crippen molar-refractivity contribution in [1.29, 1.82) is 0 Å². The van der Waals surface area contributed by atoms with Crippen LogP contribution in [-0.4, -0.2) is 85.1 Å². The number of aliphatic hydroxyl groups excluding tert-OH is 2. The van der Waals surface area contributed by atoms with Gasteiger partial charge in [-0.25, -0.2) is 0 Å². The standard InChI is InChI=1S/C49H46N4O8/c54-26-8-7-9-32-14-23-40-39(31-32)49(48(58)51-40)41(46(56)50-36-17-19-37(20-18-36)52-24-28-59-29-25-52)43-47(57)61-44(34-12-5-2-6-13-34)42(33-10-3-1-4-11-33)53(43)45(49)35-15-21-38(22-16-35)60-30-27-55/h1-6,10-23,31,41-45,54-55H,8,24-30H2,(H,50,56)(H,51,58)/t41-,42-,43-,44+,45+,49-/m1/s1. The Morgan fingerprint density at radius 3 is 2.21 bits per heavy atom. The fraction of sp³-hybridized carbons (Fsp3) is 0.286. The minimum absolute atomic E-state index is 0.0904. The van der Waals surface area contributed by atoms with E-state index in [0.717, 1.165) is 29.9 Å². The van der Waals surface area contributed by atoms with Crippen molar-refractivity contribution in [2.75, 3.05) is 61.7 Å². The fourth-order valence-corrected chi connectivity index (χ4v) is 9.60. The highest BCUT2D eigenvalue weighted by Gasteiger charge is 2.74. The molecule has 4 heterocycles. The number of carbonyl (C=O) groups is 3. The van der Waals surface area contributed by atoms with Crippen LogP contribution in [0.25, 0.3) is 0 Å². The molecule has 1 spiro atoms. The number of cyclic esters (lactones) is 1. The lowest BCUT2D eigenvalue weighted by molar-refractivity contribution is -0.177. The molecule has 0 aromatic heterocycles. The van der Waals surface area contributed by atoms with Crippen molar-refractivity contribution in [3.8, 4) is 17.6 Å². The molecule has 4 aliphatic rings. The quantitative estimate of drug-likeness (QED) is 0.105. The van der Waals surface area contributed by atoms with Gasteiger partial charge in [0.1, 0.15) is 29.9 Å². The summed E-state index contributed by atoms with van der Waals surface area (Å²) in [5, 5.41) is 25.3. The first-order chi connectivity index (χ1) is 29.9. The van der Waals surface area contributed by atoms with E-state index in [0.29, 0.717) is 47.0 Å². The van der Waals surface area contributed by atoms with E-state index in [1.165, 1.54) is 0 Å². The molecule has 3 fully saturated rings. The number of esters is 1. The van der Waals surface area contributed by atoms with Crippen LogP contribution in [0.3, 0.4) is 0 Å². The summed E-state index contributed by atoms with van der Waals surface area (Å²) >= 11 is 0. The second-order valence-electron chi connectivity index (χ2n) is 15.5. The predicted molar refractivity (Wildman–Crippen MR) is 229 cm³/mol. The topological polar surface area (TPSA) is 150 Å². The van der Waals surface area contributed by atoms with Gasteiger partial charge in [0.2, 0.25) is 11.8 Å². The smallest absolute Gasteiger partial charge is 0.324 e. The van der Waals surface area contributed by atoms with Crippen LogP contribution >= 0.6 is 0 Å². The van der Waals surface area contributed by atoms with E-state index in [4.69, 9.17) is 14.2 Å². The summed E-state index contributed by atoms with van der Waals surface area (Å²) in [7, 11) is 0. The number of nitrogens with one attached hydrogen (secondary N) is 2. The van der Waals surface area contributed by atoms with Gasteiger partial charge < -0.3 is 40.0 Å². The molecule has 12 heteroatoms. The lowest BCUT2D eigenvalue weighted by atomic mass is 9.65. The number of hydrogen-bond donors (Lipinski definition) is 4. The molecule has 0 bridgehead atoms. The summed E-state index contributed by atoms with van der Waals surface area (Å²) in [6.45, 7) is 2.57. The number of morpholine rings is 2. The summed E-state index contributed by atoms with van der Waals surface area (Å²) in [6, 6.07) is 36.7. The molecule has 5 aromatic carbocycles. The zero-order valence-electron chi connectivity index (χ0n) is 33.4. The van der Waals surface area contributed by atoms with Crippen LogP contribution in [0.5, 0.6) is 5.75 Å². The van der Waals surface area contributed by atoms with Gasteiger partial charge in [-0.2, -0.15) is 0 Å². The lowest BCUT2D eigenvalue weighted by Crippen LogP contribution is -2.53. The van der Waals surface area contributed by atoms with Gasteiger partial charge in [0.15, 0.2) is 0 Å². The third-order valence-corrected chi connectivity index (χ3v) is 12.1. The molecule has 6 atom stereocenters. The molecule has 4 N–H and O–H groups in total. The maximum absolute atomic E-state index is 15.5. The average Bonchev–Trinajstić information content (AvgIpc) is 3.78. The second-order valence-corrected chi connectivity index (χ2v) is 15.5. The third kappa shape index (κ3) is 7.29. The molecule has 5 aromatic rings. The Bertz CT molecular complexity index is 2450. The van der Waals surface area contributed by atoms with E-state index in [9.17, 15) is 10.2 Å². The molecular formula is C49H46N4O8. The fourth-order valence-electron chi connectivity index (χ4n) is 9.60. The van der Waals surface area contributed by atoms with E-state index in [-0.39, 0.29) is 26.2 Å². The van der Waals surface area contributed by atoms with Crippen LogP contribution in [0, 0.1) is 17.8 Å². The maximum Gasteiger partial charge on any atom is 0.324 e. The van der Waals surface area contributed by atoms with Crippen molar-refractivity contribution >= 4 is 34.8 Å². The Morgan fingerprint density at radius 1 is 0.820 bits per heavy atom. The number of hydrogen-bond acceptors (Lipinski definition) is 10. The van der Waals surface area contributed by atoms with Crippen LogP contribution in [-0.2, 0) is 29.3 Å². The van der Waals surface area contributed by atoms with Crippen LogP contribution < -0.4 is 20.3 Å². The number of nitrogens with zero attached hydrogens (tertiary/aromatic N) is 2. The largest absolute Gasteiger partial charge is 0.491 e. The molecule has 3 saturated heterocycles. The van der Waals surface area contributed by atoms with Gasteiger partial charge in [-0.3, -0.25) is 19.3 Å². The van der Waals surface area contributed by atoms with Gasteiger partial charge in [0, 0.05) is 42.1 Å². The molecule has 2 amide bonds. The summed E-state index contributed by atoms with van der Waals surface area (Å²) in [5.41, 5.74) is 3.64. The molecule has 0 saturated carbocycles. The van der Waals surface area contributed by atoms with E-state index in [1.54, 1.807) is 24.3 Å². The number of ether oxygens (including phenoxy) is 3. The summed E-state index contributed by atoms with van der Waals surface area (Å²) in [4.78, 5) is 50.3. The normalized spacial score (nSPS) is 24.2. The van der Waals surface area contributed by atoms with Gasteiger partial charge in [-0.15, -0.1) is 0 Å². The molecule has 310 valence electrons. The minimum atomic E-state index is -1.71. The first-order valence-corrected chi connectivity index (χ1v) is 20.6. The number of fused-ring (bicyclic) bond motifs is 3. The Labute approximate surface area is 354 Å². The SMILES string of the molecule is O=C1O[C@@H](c2ccccc2)[C@@H](c2ccccc2)N2[C@@H](c3ccc(OCCO)cc3)[C@]3(C(=O)Nc4ccc(C#CCCO)cc43)[C@@H](C(=O)Nc3ccc(N4CCOCC4)cc3)[C@H]12. The van der Waals surface area contributed by atoms with Crippen molar-refractivity contribution in [2.24, 2.45) is 5.92 Å². The van der Waals surface area contributed by atoms with Gasteiger partial charge in [-0.05, 0) is 76.9 Å². The number of amides is 2.